The van der Waals surface area contributed by atoms with Gasteiger partial charge in [-0.15, -0.1) is 16.4 Å². The van der Waals surface area contributed by atoms with E-state index in [1.54, 1.807) is 30.2 Å². The molecule has 2 aromatic heterocycles. The third kappa shape index (κ3) is 4.17. The Morgan fingerprint density at radius 2 is 1.89 bits per heavy atom. The number of hydrogen-bond donors (Lipinski definition) is 0. The Morgan fingerprint density at radius 3 is 2.74 bits per heavy atom. The molecule has 2 aromatic carbocycles. The second-order valence-electron chi connectivity index (χ2n) is 5.74. The summed E-state index contributed by atoms with van der Waals surface area (Å²) < 4.78 is 7.24. The molecule has 4 rings (SSSR count). The van der Waals surface area contributed by atoms with Crippen LogP contribution in [0.25, 0.3) is 10.6 Å². The lowest BCUT2D eigenvalue weighted by Crippen LogP contribution is -2.03. The zero-order valence-corrected chi connectivity index (χ0v) is 16.3. The lowest BCUT2D eigenvalue weighted by Gasteiger charge is -2.05. The maximum absolute atomic E-state index is 5.43. The van der Waals surface area contributed by atoms with Crippen molar-refractivity contribution in [3.63, 3.8) is 0 Å². The van der Waals surface area contributed by atoms with Crippen molar-refractivity contribution < 1.29 is 4.74 Å². The molecule has 136 valence electrons. The Balaban J connectivity index is 1.45. The molecule has 0 aliphatic heterocycles. The molecule has 0 aliphatic carbocycles. The molecule has 0 amide bonds. The van der Waals surface area contributed by atoms with Gasteiger partial charge in [-0.2, -0.15) is 0 Å². The minimum atomic E-state index is 0.652. The van der Waals surface area contributed by atoms with E-state index in [9.17, 15) is 0 Å². The van der Waals surface area contributed by atoms with Crippen LogP contribution in [0.1, 0.15) is 11.3 Å². The zero-order valence-electron chi connectivity index (χ0n) is 14.6. The first-order valence-electron chi connectivity index (χ1n) is 8.34. The largest absolute Gasteiger partial charge is 0.496 e. The fraction of sp³-hybridized carbons (Fsp3) is 0.158. The van der Waals surface area contributed by atoms with Crippen molar-refractivity contribution in [3.8, 4) is 16.3 Å². The number of tetrazole rings is 1. The van der Waals surface area contributed by atoms with Crippen LogP contribution in [0.2, 0.25) is 0 Å². The first kappa shape index (κ1) is 17.7. The van der Waals surface area contributed by atoms with Crippen LogP contribution in [-0.2, 0) is 12.3 Å². The van der Waals surface area contributed by atoms with Crippen molar-refractivity contribution in [2.24, 2.45) is 0 Å². The molecule has 8 heteroatoms. The number of thioether (sulfide) groups is 1. The third-order valence-corrected chi connectivity index (χ3v) is 5.83. The Bertz CT molecular complexity index is 1020. The normalized spacial score (nSPS) is 10.9. The van der Waals surface area contributed by atoms with Crippen LogP contribution in [-0.4, -0.2) is 32.3 Å². The fourth-order valence-electron chi connectivity index (χ4n) is 2.61. The van der Waals surface area contributed by atoms with Crippen LogP contribution in [0.4, 0.5) is 0 Å². The number of benzene rings is 2. The van der Waals surface area contributed by atoms with Gasteiger partial charge in [-0.05, 0) is 28.1 Å². The van der Waals surface area contributed by atoms with Gasteiger partial charge in [0.1, 0.15) is 10.8 Å². The molecule has 0 saturated carbocycles. The molecular weight excluding hydrogens is 378 g/mol. The van der Waals surface area contributed by atoms with Crippen LogP contribution < -0.4 is 4.74 Å². The molecule has 0 unspecified atom stereocenters. The maximum Gasteiger partial charge on any atom is 0.210 e. The lowest BCUT2D eigenvalue weighted by molar-refractivity contribution is 0.416. The summed E-state index contributed by atoms with van der Waals surface area (Å²) in [5, 5.41) is 15.9. The van der Waals surface area contributed by atoms with Crippen molar-refractivity contribution in [1.29, 1.82) is 0 Å². The highest BCUT2D eigenvalue weighted by Crippen LogP contribution is 2.33. The molecule has 6 nitrogen and oxygen atoms in total. The molecule has 2 heterocycles. The van der Waals surface area contributed by atoms with Gasteiger partial charge in [0.15, 0.2) is 0 Å². The summed E-state index contributed by atoms with van der Waals surface area (Å²) in [5.41, 5.74) is 3.18. The second-order valence-corrected chi connectivity index (χ2v) is 7.54. The van der Waals surface area contributed by atoms with E-state index in [0.29, 0.717) is 12.3 Å². The summed E-state index contributed by atoms with van der Waals surface area (Å²) in [4.78, 5) is 4.74. The SMILES string of the molecule is COc1ccccc1-c1nc(CSc2nnnn2Cc2ccccc2)cs1. The van der Waals surface area contributed by atoms with E-state index >= 15 is 0 Å². The predicted molar refractivity (Wildman–Crippen MR) is 107 cm³/mol. The van der Waals surface area contributed by atoms with Crippen molar-refractivity contribution in [1.82, 2.24) is 25.2 Å². The van der Waals surface area contributed by atoms with Crippen LogP contribution >= 0.6 is 23.1 Å². The summed E-state index contributed by atoms with van der Waals surface area (Å²) in [5.74, 6) is 1.54. The van der Waals surface area contributed by atoms with Gasteiger partial charge in [-0.25, -0.2) is 9.67 Å². The van der Waals surface area contributed by atoms with Gasteiger partial charge in [-0.1, -0.05) is 54.2 Å². The van der Waals surface area contributed by atoms with Crippen molar-refractivity contribution in [2.45, 2.75) is 17.5 Å². The van der Waals surface area contributed by atoms with Crippen LogP contribution in [0.5, 0.6) is 5.75 Å². The summed E-state index contributed by atoms with van der Waals surface area (Å²) in [6, 6.07) is 18.1. The molecule has 0 spiro atoms. The quantitative estimate of drug-likeness (QED) is 0.438. The number of rotatable bonds is 7. The number of ether oxygens (including phenoxy) is 1. The molecular formula is C19H17N5OS2. The lowest BCUT2D eigenvalue weighted by atomic mass is 10.2. The number of thiazole rings is 1. The molecule has 0 saturated heterocycles. The molecule has 0 bridgehead atoms. The number of methoxy groups -OCH3 is 1. The first-order chi connectivity index (χ1) is 13.3. The first-order valence-corrected chi connectivity index (χ1v) is 10.2. The van der Waals surface area contributed by atoms with E-state index in [-0.39, 0.29) is 0 Å². The summed E-state index contributed by atoms with van der Waals surface area (Å²) in [7, 11) is 1.68. The second kappa shape index (κ2) is 8.32. The van der Waals surface area contributed by atoms with Gasteiger partial charge in [0, 0.05) is 11.1 Å². The van der Waals surface area contributed by atoms with E-state index in [2.05, 4.69) is 33.0 Å². The van der Waals surface area contributed by atoms with E-state index in [4.69, 9.17) is 9.72 Å². The summed E-state index contributed by atoms with van der Waals surface area (Å²) >= 11 is 3.20. The summed E-state index contributed by atoms with van der Waals surface area (Å²) in [6.45, 7) is 0.652. The van der Waals surface area contributed by atoms with Gasteiger partial charge in [0.25, 0.3) is 0 Å². The fourth-order valence-corrected chi connectivity index (χ4v) is 4.34. The van der Waals surface area contributed by atoms with Crippen LogP contribution in [0.3, 0.4) is 0 Å². The zero-order chi connectivity index (χ0) is 18.5. The van der Waals surface area contributed by atoms with Crippen molar-refractivity contribution in [3.05, 3.63) is 71.2 Å². The van der Waals surface area contributed by atoms with E-state index in [1.165, 1.54) is 5.56 Å². The number of para-hydroxylation sites is 1. The Kier molecular flexibility index (Phi) is 5.45. The average Bonchev–Trinajstić information content (AvgIpc) is 3.36. The van der Waals surface area contributed by atoms with Gasteiger partial charge >= 0.3 is 0 Å². The average molecular weight is 396 g/mol. The predicted octanol–water partition coefficient (Wildman–Crippen LogP) is 4.15. The Morgan fingerprint density at radius 1 is 1.07 bits per heavy atom. The van der Waals surface area contributed by atoms with Crippen LogP contribution in [0.15, 0.2) is 65.1 Å². The van der Waals surface area contributed by atoms with Gasteiger partial charge in [0.05, 0.1) is 24.9 Å². The molecule has 0 atom stereocenters. The Hall–Kier alpha value is -2.71. The summed E-state index contributed by atoms with van der Waals surface area (Å²) in [6.07, 6.45) is 0. The molecule has 4 aromatic rings. The van der Waals surface area contributed by atoms with Gasteiger partial charge < -0.3 is 4.74 Å². The maximum atomic E-state index is 5.43. The highest BCUT2D eigenvalue weighted by molar-refractivity contribution is 7.98. The smallest absolute Gasteiger partial charge is 0.210 e. The van der Waals surface area contributed by atoms with E-state index in [0.717, 1.165) is 27.2 Å². The highest BCUT2D eigenvalue weighted by Gasteiger charge is 2.12. The monoisotopic (exact) mass is 395 g/mol. The molecule has 0 radical (unpaired) electrons. The standard InChI is InChI=1S/C19H17N5OS2/c1-25-17-10-6-5-9-16(17)18-20-15(12-26-18)13-27-19-21-22-23-24(19)11-14-7-3-2-4-8-14/h2-10,12H,11,13H2,1H3. The number of nitrogens with zero attached hydrogens (tertiary/aromatic N) is 5. The minimum absolute atomic E-state index is 0.652. The van der Waals surface area contributed by atoms with Gasteiger partial charge in [-0.3, -0.25) is 0 Å². The number of hydrogen-bond acceptors (Lipinski definition) is 7. The highest BCUT2D eigenvalue weighted by atomic mass is 32.2. The molecule has 0 N–H and O–H groups in total. The van der Waals surface area contributed by atoms with Crippen molar-refractivity contribution >= 4 is 23.1 Å². The van der Waals surface area contributed by atoms with Crippen molar-refractivity contribution in [2.75, 3.05) is 7.11 Å². The van der Waals surface area contributed by atoms with Crippen LogP contribution in [0, 0.1) is 0 Å². The van der Waals surface area contributed by atoms with Gasteiger partial charge in [0.2, 0.25) is 5.16 Å². The molecule has 0 aliphatic rings. The third-order valence-electron chi connectivity index (χ3n) is 3.91. The van der Waals surface area contributed by atoms with E-state index < -0.39 is 0 Å². The topological polar surface area (TPSA) is 65.7 Å². The molecule has 27 heavy (non-hydrogen) atoms. The number of aromatic nitrogens is 5. The minimum Gasteiger partial charge on any atom is -0.496 e. The van der Waals surface area contributed by atoms with E-state index in [1.807, 2.05) is 47.1 Å². The Labute approximate surface area is 165 Å². The molecule has 0 fully saturated rings.